The number of hydrogen-bond acceptors (Lipinski definition) is 2. The van der Waals surface area contributed by atoms with E-state index in [0.717, 1.165) is 6.42 Å². The van der Waals surface area contributed by atoms with Crippen molar-refractivity contribution in [3.05, 3.63) is 0 Å². The number of unbranched alkanes of at least 4 members (excludes halogenated alkanes) is 2. The molecule has 0 radical (unpaired) electrons. The van der Waals surface area contributed by atoms with Crippen molar-refractivity contribution < 1.29 is 5.11 Å². The lowest BCUT2D eigenvalue weighted by molar-refractivity contribution is 0.188. The molecule has 0 saturated heterocycles. The van der Waals surface area contributed by atoms with Crippen LogP contribution < -0.4 is 0 Å². The van der Waals surface area contributed by atoms with Crippen LogP contribution in [0.5, 0.6) is 0 Å². The molecule has 0 bridgehead atoms. The van der Waals surface area contributed by atoms with Gasteiger partial charge in [-0.05, 0) is 31.4 Å². The molecule has 0 aromatic carbocycles. The molecule has 1 aliphatic rings. The first-order chi connectivity index (χ1) is 5.84. The zero-order chi connectivity index (χ0) is 8.81. The van der Waals surface area contributed by atoms with Gasteiger partial charge >= 0.3 is 0 Å². The molecule has 12 heavy (non-hydrogen) atoms. The average Bonchev–Trinajstić information content (AvgIpc) is 2.46. The van der Waals surface area contributed by atoms with E-state index >= 15 is 0 Å². The quantitative estimate of drug-likeness (QED) is 0.669. The van der Waals surface area contributed by atoms with Crippen LogP contribution in [0.1, 0.15) is 45.4 Å². The van der Waals surface area contributed by atoms with E-state index in [1.807, 2.05) is 11.8 Å². The Hall–Kier alpha value is 0.310. The van der Waals surface area contributed by atoms with Crippen LogP contribution in [0.3, 0.4) is 0 Å². The number of thioether (sulfide) groups is 1. The summed E-state index contributed by atoms with van der Waals surface area (Å²) in [7, 11) is 0. The molecule has 1 nitrogen and oxygen atoms in total. The largest absolute Gasteiger partial charge is 0.392 e. The smallest absolute Gasteiger partial charge is 0.0658 e. The summed E-state index contributed by atoms with van der Waals surface area (Å²) in [6, 6.07) is 0. The molecule has 1 aliphatic carbocycles. The van der Waals surface area contributed by atoms with Crippen molar-refractivity contribution in [1.29, 1.82) is 0 Å². The second-order valence-electron chi connectivity index (χ2n) is 3.61. The highest BCUT2D eigenvalue weighted by molar-refractivity contribution is 7.99. The topological polar surface area (TPSA) is 20.2 Å². The lowest BCUT2D eigenvalue weighted by Crippen LogP contribution is -2.15. The summed E-state index contributed by atoms with van der Waals surface area (Å²) < 4.78 is 0. The molecule has 0 heterocycles. The van der Waals surface area contributed by atoms with E-state index in [9.17, 15) is 5.11 Å². The van der Waals surface area contributed by atoms with Gasteiger partial charge < -0.3 is 5.11 Å². The molecule has 1 saturated carbocycles. The Balaban J connectivity index is 1.98. The highest BCUT2D eigenvalue weighted by Crippen LogP contribution is 2.30. The van der Waals surface area contributed by atoms with E-state index in [1.165, 1.54) is 37.9 Å². The fraction of sp³-hybridized carbons (Fsp3) is 1.00. The highest BCUT2D eigenvalue weighted by Gasteiger charge is 2.24. The first kappa shape index (κ1) is 10.4. The van der Waals surface area contributed by atoms with Crippen molar-refractivity contribution in [3.8, 4) is 0 Å². The van der Waals surface area contributed by atoms with E-state index in [2.05, 4.69) is 6.92 Å². The summed E-state index contributed by atoms with van der Waals surface area (Å²) in [5.41, 5.74) is 0. The number of hydrogen-bond donors (Lipinski definition) is 1. The van der Waals surface area contributed by atoms with E-state index in [4.69, 9.17) is 0 Å². The molecule has 0 spiro atoms. The molecular formula is C10H20OS. The van der Waals surface area contributed by atoms with Crippen molar-refractivity contribution in [2.24, 2.45) is 0 Å². The second-order valence-corrected chi connectivity index (χ2v) is 4.96. The molecule has 2 heteroatoms. The number of rotatable bonds is 5. The predicted molar refractivity (Wildman–Crippen MR) is 55.6 cm³/mol. The first-order valence-corrected chi connectivity index (χ1v) is 6.19. The summed E-state index contributed by atoms with van der Waals surface area (Å²) in [5.74, 6) is 1.25. The van der Waals surface area contributed by atoms with Crippen molar-refractivity contribution in [2.45, 2.75) is 56.8 Å². The van der Waals surface area contributed by atoms with E-state index in [0.29, 0.717) is 5.25 Å². The number of aliphatic hydroxyl groups is 1. The summed E-state index contributed by atoms with van der Waals surface area (Å²) in [4.78, 5) is 0. The Morgan fingerprint density at radius 3 is 2.75 bits per heavy atom. The predicted octanol–water partition coefficient (Wildman–Crippen LogP) is 2.82. The molecule has 0 aromatic heterocycles. The standard InChI is InChI=1S/C10H20OS/c1-2-3-4-8-12-10-7-5-6-9(10)11/h9-11H,2-8H2,1H3/t9-,10-/m0/s1. The van der Waals surface area contributed by atoms with Gasteiger partial charge in [-0.2, -0.15) is 11.8 Å². The summed E-state index contributed by atoms with van der Waals surface area (Å²) in [5, 5.41) is 10.1. The average molecular weight is 188 g/mol. The lowest BCUT2D eigenvalue weighted by Gasteiger charge is -2.13. The van der Waals surface area contributed by atoms with Crippen LogP contribution in [0.15, 0.2) is 0 Å². The highest BCUT2D eigenvalue weighted by atomic mass is 32.2. The normalized spacial score (nSPS) is 29.5. The maximum Gasteiger partial charge on any atom is 0.0658 e. The third kappa shape index (κ3) is 3.36. The SMILES string of the molecule is CCCCCS[C@H]1CCC[C@@H]1O. The van der Waals surface area contributed by atoms with Crippen molar-refractivity contribution >= 4 is 11.8 Å². The number of aliphatic hydroxyl groups excluding tert-OH is 1. The molecule has 1 rings (SSSR count). The van der Waals surface area contributed by atoms with Crippen LogP contribution in [0.2, 0.25) is 0 Å². The maximum absolute atomic E-state index is 9.52. The zero-order valence-corrected chi connectivity index (χ0v) is 8.78. The lowest BCUT2D eigenvalue weighted by atomic mass is 10.3. The fourth-order valence-corrected chi connectivity index (χ4v) is 3.05. The minimum Gasteiger partial charge on any atom is -0.392 e. The molecule has 1 fully saturated rings. The van der Waals surface area contributed by atoms with Crippen LogP contribution >= 0.6 is 11.8 Å². The third-order valence-electron chi connectivity index (χ3n) is 2.50. The summed E-state index contributed by atoms with van der Waals surface area (Å²) in [6.45, 7) is 2.23. The monoisotopic (exact) mass is 188 g/mol. The summed E-state index contributed by atoms with van der Waals surface area (Å²) >= 11 is 1.98. The molecule has 0 unspecified atom stereocenters. The zero-order valence-electron chi connectivity index (χ0n) is 7.96. The molecule has 0 amide bonds. The van der Waals surface area contributed by atoms with Crippen molar-refractivity contribution in [2.75, 3.05) is 5.75 Å². The Morgan fingerprint density at radius 2 is 2.17 bits per heavy atom. The summed E-state index contributed by atoms with van der Waals surface area (Å²) in [6.07, 6.45) is 7.46. The van der Waals surface area contributed by atoms with Gasteiger partial charge in [-0.25, -0.2) is 0 Å². The van der Waals surface area contributed by atoms with Crippen LogP contribution in [0.4, 0.5) is 0 Å². The van der Waals surface area contributed by atoms with Gasteiger partial charge in [0, 0.05) is 5.25 Å². The van der Waals surface area contributed by atoms with E-state index in [1.54, 1.807) is 0 Å². The van der Waals surface area contributed by atoms with Crippen LogP contribution in [-0.4, -0.2) is 22.2 Å². The first-order valence-electron chi connectivity index (χ1n) is 5.14. The van der Waals surface area contributed by atoms with Crippen molar-refractivity contribution in [3.63, 3.8) is 0 Å². The van der Waals surface area contributed by atoms with Gasteiger partial charge in [-0.3, -0.25) is 0 Å². The van der Waals surface area contributed by atoms with Crippen LogP contribution in [-0.2, 0) is 0 Å². The van der Waals surface area contributed by atoms with Gasteiger partial charge in [-0.1, -0.05) is 19.8 Å². The maximum atomic E-state index is 9.52. The van der Waals surface area contributed by atoms with E-state index < -0.39 is 0 Å². The Bertz CT molecular complexity index is 116. The molecular weight excluding hydrogens is 168 g/mol. The van der Waals surface area contributed by atoms with Crippen LogP contribution in [0.25, 0.3) is 0 Å². The molecule has 0 aromatic rings. The Morgan fingerprint density at radius 1 is 1.33 bits per heavy atom. The molecule has 1 N–H and O–H groups in total. The van der Waals surface area contributed by atoms with Crippen molar-refractivity contribution in [1.82, 2.24) is 0 Å². The minimum absolute atomic E-state index is 0.00312. The molecule has 2 atom stereocenters. The van der Waals surface area contributed by atoms with E-state index in [-0.39, 0.29) is 6.10 Å². The third-order valence-corrected chi connectivity index (χ3v) is 4.00. The molecule has 0 aliphatic heterocycles. The van der Waals surface area contributed by atoms with Gasteiger partial charge in [0.05, 0.1) is 6.10 Å². The minimum atomic E-state index is -0.00312. The Labute approximate surface area is 79.9 Å². The van der Waals surface area contributed by atoms with Gasteiger partial charge in [0.2, 0.25) is 0 Å². The van der Waals surface area contributed by atoms with Gasteiger partial charge in [0.1, 0.15) is 0 Å². The Kier molecular flexibility index (Phi) is 5.08. The fourth-order valence-electron chi connectivity index (χ4n) is 1.69. The van der Waals surface area contributed by atoms with Gasteiger partial charge in [-0.15, -0.1) is 0 Å². The van der Waals surface area contributed by atoms with Crippen LogP contribution in [0, 0.1) is 0 Å². The van der Waals surface area contributed by atoms with Gasteiger partial charge in [0.25, 0.3) is 0 Å². The molecule has 72 valence electrons. The van der Waals surface area contributed by atoms with Gasteiger partial charge in [0.15, 0.2) is 0 Å². The second kappa shape index (κ2) is 5.87.